The monoisotopic (exact) mass is 456 g/mol. The first-order valence-corrected chi connectivity index (χ1v) is 10.8. The Labute approximate surface area is 196 Å². The highest BCUT2D eigenvalue weighted by atomic mass is 16.5. The molecule has 0 fully saturated rings. The van der Waals surface area contributed by atoms with Crippen molar-refractivity contribution >= 4 is 28.6 Å². The van der Waals surface area contributed by atoms with Crippen LogP contribution in [0.5, 0.6) is 0 Å². The van der Waals surface area contributed by atoms with Crippen molar-refractivity contribution in [3.8, 4) is 0 Å². The lowest BCUT2D eigenvalue weighted by atomic mass is 10.0. The fraction of sp³-hybridized carbons (Fsp3) is 0.115. The number of hydrogen-bond acceptors (Lipinski definition) is 4. The summed E-state index contributed by atoms with van der Waals surface area (Å²) < 4.78 is 0. The maximum atomic E-state index is 13.2. The van der Waals surface area contributed by atoms with Crippen molar-refractivity contribution in [1.82, 2.24) is 21.1 Å². The van der Waals surface area contributed by atoms with Crippen LogP contribution >= 0.6 is 0 Å². The average molecular weight is 457 g/mol. The van der Waals surface area contributed by atoms with Crippen LogP contribution in [-0.4, -0.2) is 34.5 Å². The molecule has 34 heavy (non-hydrogen) atoms. The molecule has 1 atom stereocenters. The number of rotatable bonds is 8. The number of aromatic amines is 1. The quantitative estimate of drug-likeness (QED) is 0.206. The van der Waals surface area contributed by atoms with Crippen molar-refractivity contribution in [2.45, 2.75) is 12.5 Å². The Kier molecular flexibility index (Phi) is 7.00. The van der Waals surface area contributed by atoms with E-state index in [0.717, 1.165) is 16.5 Å². The third kappa shape index (κ3) is 5.13. The van der Waals surface area contributed by atoms with Crippen LogP contribution in [0.25, 0.3) is 10.9 Å². The first-order chi connectivity index (χ1) is 16.6. The highest BCUT2D eigenvalue weighted by Crippen LogP contribution is 2.25. The standard InChI is InChI=1S/C26H24N4O4/c31-24(18-10-12-19(13-11-18)25(32)30-34)29-23(21-16-28-22-9-5-4-8-20(21)22)26(33)27-15-14-17-6-2-1-3-7-17/h1-13,16,23,28,34H,14-15H2,(H,27,33)(H,29,31)(H,30,32)/t23-/m0/s1. The van der Waals surface area contributed by atoms with Crippen molar-refractivity contribution in [2.24, 2.45) is 0 Å². The van der Waals surface area contributed by atoms with E-state index in [1.807, 2.05) is 54.6 Å². The van der Waals surface area contributed by atoms with Gasteiger partial charge in [0.05, 0.1) is 0 Å². The van der Waals surface area contributed by atoms with Crippen LogP contribution in [-0.2, 0) is 11.2 Å². The molecule has 1 aromatic heterocycles. The summed E-state index contributed by atoms with van der Waals surface area (Å²) in [5.74, 6) is -1.48. The molecule has 4 aromatic rings. The number of benzene rings is 3. The zero-order chi connectivity index (χ0) is 23.9. The number of H-pyrrole nitrogens is 1. The summed E-state index contributed by atoms with van der Waals surface area (Å²) in [7, 11) is 0. The summed E-state index contributed by atoms with van der Waals surface area (Å²) in [5, 5.41) is 15.3. The maximum Gasteiger partial charge on any atom is 0.274 e. The molecular weight excluding hydrogens is 432 g/mol. The smallest absolute Gasteiger partial charge is 0.274 e. The molecule has 0 aliphatic heterocycles. The van der Waals surface area contributed by atoms with Gasteiger partial charge < -0.3 is 15.6 Å². The normalized spacial score (nSPS) is 11.6. The van der Waals surface area contributed by atoms with Gasteiger partial charge in [-0.1, -0.05) is 48.5 Å². The van der Waals surface area contributed by atoms with Gasteiger partial charge in [-0.2, -0.15) is 0 Å². The predicted molar refractivity (Wildman–Crippen MR) is 127 cm³/mol. The van der Waals surface area contributed by atoms with E-state index >= 15 is 0 Å². The van der Waals surface area contributed by atoms with Gasteiger partial charge in [0.25, 0.3) is 11.8 Å². The topological polar surface area (TPSA) is 123 Å². The average Bonchev–Trinajstić information content (AvgIpc) is 3.31. The van der Waals surface area contributed by atoms with E-state index in [-0.39, 0.29) is 17.0 Å². The van der Waals surface area contributed by atoms with E-state index in [1.165, 1.54) is 24.3 Å². The summed E-state index contributed by atoms with van der Waals surface area (Å²) in [6.45, 7) is 0.419. The zero-order valence-corrected chi connectivity index (χ0v) is 18.2. The second kappa shape index (κ2) is 10.5. The van der Waals surface area contributed by atoms with Crippen LogP contribution in [0, 0.1) is 0 Å². The highest BCUT2D eigenvalue weighted by molar-refractivity contribution is 6.01. The predicted octanol–water partition coefficient (Wildman–Crippen LogP) is 3.12. The van der Waals surface area contributed by atoms with Gasteiger partial charge in [-0.25, -0.2) is 5.48 Å². The number of amides is 3. The Hall–Kier alpha value is -4.43. The lowest BCUT2D eigenvalue weighted by Crippen LogP contribution is -2.41. The molecule has 172 valence electrons. The second-order valence-corrected chi connectivity index (χ2v) is 7.74. The third-order valence-corrected chi connectivity index (χ3v) is 5.54. The molecule has 4 rings (SSSR count). The number of carbonyl (C=O) groups is 3. The number of carbonyl (C=O) groups excluding carboxylic acids is 3. The van der Waals surface area contributed by atoms with E-state index in [0.29, 0.717) is 18.5 Å². The lowest BCUT2D eigenvalue weighted by molar-refractivity contribution is -0.123. The Morgan fingerprint density at radius 3 is 2.18 bits per heavy atom. The summed E-state index contributed by atoms with van der Waals surface area (Å²) in [6, 6.07) is 22.2. The van der Waals surface area contributed by atoms with Gasteiger partial charge in [-0.05, 0) is 42.3 Å². The second-order valence-electron chi connectivity index (χ2n) is 7.74. The summed E-state index contributed by atoms with van der Waals surface area (Å²) in [6.07, 6.45) is 2.39. The van der Waals surface area contributed by atoms with Gasteiger partial charge >= 0.3 is 0 Å². The molecule has 0 spiro atoms. The van der Waals surface area contributed by atoms with Gasteiger partial charge in [0.2, 0.25) is 5.91 Å². The Morgan fingerprint density at radius 1 is 0.824 bits per heavy atom. The molecule has 0 aliphatic rings. The van der Waals surface area contributed by atoms with Crippen molar-refractivity contribution in [3.05, 3.63) is 107 Å². The molecule has 0 saturated heterocycles. The van der Waals surface area contributed by atoms with E-state index < -0.39 is 17.9 Å². The maximum absolute atomic E-state index is 13.2. The number of nitrogens with one attached hydrogen (secondary N) is 4. The van der Waals surface area contributed by atoms with E-state index in [4.69, 9.17) is 5.21 Å². The van der Waals surface area contributed by atoms with Gasteiger partial charge in [-0.3, -0.25) is 19.6 Å². The minimum atomic E-state index is -0.931. The Bertz CT molecular complexity index is 1300. The first kappa shape index (κ1) is 22.8. The van der Waals surface area contributed by atoms with Crippen LogP contribution in [0.15, 0.2) is 85.1 Å². The molecule has 0 saturated carbocycles. The largest absolute Gasteiger partial charge is 0.361 e. The molecule has 0 bridgehead atoms. The number of hydroxylamine groups is 1. The van der Waals surface area contributed by atoms with Crippen LogP contribution < -0.4 is 16.1 Å². The van der Waals surface area contributed by atoms with Gasteiger partial charge in [0, 0.05) is 40.3 Å². The number of hydrogen-bond donors (Lipinski definition) is 5. The minimum absolute atomic E-state index is 0.200. The molecule has 8 heteroatoms. The van der Waals surface area contributed by atoms with E-state index in [1.54, 1.807) is 11.7 Å². The lowest BCUT2D eigenvalue weighted by Gasteiger charge is -2.19. The van der Waals surface area contributed by atoms with Crippen molar-refractivity contribution in [3.63, 3.8) is 0 Å². The van der Waals surface area contributed by atoms with Crippen LogP contribution in [0.4, 0.5) is 0 Å². The van der Waals surface area contributed by atoms with Crippen molar-refractivity contribution in [1.29, 1.82) is 0 Å². The molecule has 0 aliphatic carbocycles. The zero-order valence-electron chi connectivity index (χ0n) is 18.2. The van der Waals surface area contributed by atoms with Crippen LogP contribution in [0.3, 0.4) is 0 Å². The number of fused-ring (bicyclic) bond motifs is 1. The van der Waals surface area contributed by atoms with E-state index in [2.05, 4.69) is 15.6 Å². The molecule has 3 aromatic carbocycles. The SMILES string of the molecule is O=C(NO)c1ccc(C(=O)N[C@H](C(=O)NCCc2ccccc2)c2c[nH]c3ccccc23)cc1. The summed E-state index contributed by atoms with van der Waals surface area (Å²) >= 11 is 0. The van der Waals surface area contributed by atoms with Gasteiger partial charge in [0.15, 0.2) is 0 Å². The molecule has 0 radical (unpaired) electrons. The third-order valence-electron chi connectivity index (χ3n) is 5.54. The van der Waals surface area contributed by atoms with Crippen molar-refractivity contribution < 1.29 is 19.6 Å². The fourth-order valence-corrected chi connectivity index (χ4v) is 3.75. The summed E-state index contributed by atoms with van der Waals surface area (Å²) in [5.41, 5.74) is 4.63. The van der Waals surface area contributed by atoms with Crippen LogP contribution in [0.2, 0.25) is 0 Å². The molecular formula is C26H24N4O4. The minimum Gasteiger partial charge on any atom is -0.361 e. The highest BCUT2D eigenvalue weighted by Gasteiger charge is 2.26. The van der Waals surface area contributed by atoms with Gasteiger partial charge in [0.1, 0.15) is 6.04 Å². The molecule has 1 heterocycles. The summed E-state index contributed by atoms with van der Waals surface area (Å²) in [4.78, 5) is 40.9. The Morgan fingerprint density at radius 2 is 1.47 bits per heavy atom. The van der Waals surface area contributed by atoms with Crippen molar-refractivity contribution in [2.75, 3.05) is 6.54 Å². The number of aromatic nitrogens is 1. The molecule has 0 unspecified atom stereocenters. The number of para-hydroxylation sites is 1. The Balaban J connectivity index is 1.54. The molecule has 8 nitrogen and oxygen atoms in total. The molecule has 5 N–H and O–H groups in total. The first-order valence-electron chi connectivity index (χ1n) is 10.8. The fourth-order valence-electron chi connectivity index (χ4n) is 3.75. The van der Waals surface area contributed by atoms with Gasteiger partial charge in [-0.15, -0.1) is 0 Å². The van der Waals surface area contributed by atoms with Crippen LogP contribution in [0.1, 0.15) is 37.9 Å². The van der Waals surface area contributed by atoms with E-state index in [9.17, 15) is 14.4 Å². The molecule has 3 amide bonds.